The fourth-order valence-electron chi connectivity index (χ4n) is 1.55. The quantitative estimate of drug-likeness (QED) is 0.594. The molecule has 74 valence electrons. The van der Waals surface area contributed by atoms with E-state index in [0.29, 0.717) is 6.04 Å². The van der Waals surface area contributed by atoms with Crippen LogP contribution in [0.25, 0.3) is 0 Å². The normalized spacial score (nSPS) is 22.5. The molecule has 1 rings (SSSR count). The van der Waals surface area contributed by atoms with Crippen molar-refractivity contribution in [1.29, 1.82) is 0 Å². The highest BCUT2D eigenvalue weighted by atomic mass is 14.9. The molecule has 0 amide bonds. The van der Waals surface area contributed by atoms with E-state index in [4.69, 9.17) is 0 Å². The first-order chi connectivity index (χ1) is 6.24. The molecule has 0 bridgehead atoms. The van der Waals surface area contributed by atoms with Crippen molar-refractivity contribution in [1.82, 2.24) is 0 Å². The summed E-state index contributed by atoms with van der Waals surface area (Å²) < 4.78 is 0. The summed E-state index contributed by atoms with van der Waals surface area (Å²) in [5.74, 6) is 0. The predicted octanol–water partition coefficient (Wildman–Crippen LogP) is 2.87. The Kier molecular flexibility index (Phi) is 4.13. The number of aliphatic imine (C=N–C) groups is 2. The molecule has 0 fully saturated rings. The molecule has 0 spiro atoms. The van der Waals surface area contributed by atoms with Crippen molar-refractivity contribution in [2.75, 3.05) is 6.54 Å². The van der Waals surface area contributed by atoms with Gasteiger partial charge in [0, 0.05) is 0 Å². The standard InChI is InChI=1S/C11H20N2/c1-4-5-6-7-11-10(3)12-8-9(2)13-11/h9H,4-8H2,1-3H3/t9-/m1/s1. The largest absolute Gasteiger partial charge is 0.286 e. The molecule has 1 aliphatic rings. The summed E-state index contributed by atoms with van der Waals surface area (Å²) in [6, 6.07) is 0.403. The van der Waals surface area contributed by atoms with Crippen molar-refractivity contribution in [3.05, 3.63) is 0 Å². The molecule has 0 saturated heterocycles. The number of hydrogen-bond acceptors (Lipinski definition) is 2. The Balaban J connectivity index is 2.42. The van der Waals surface area contributed by atoms with Gasteiger partial charge in [-0.15, -0.1) is 0 Å². The average molecular weight is 180 g/mol. The molecule has 13 heavy (non-hydrogen) atoms. The van der Waals surface area contributed by atoms with Crippen LogP contribution in [0.3, 0.4) is 0 Å². The van der Waals surface area contributed by atoms with Gasteiger partial charge in [0.05, 0.1) is 24.0 Å². The first-order valence-electron chi connectivity index (χ1n) is 5.32. The summed E-state index contributed by atoms with van der Waals surface area (Å²) in [5.41, 5.74) is 2.40. The molecule has 0 unspecified atom stereocenters. The molecule has 1 aliphatic heterocycles. The second-order valence-electron chi connectivity index (χ2n) is 3.81. The smallest absolute Gasteiger partial charge is 0.0670 e. The van der Waals surface area contributed by atoms with E-state index in [9.17, 15) is 0 Å². The van der Waals surface area contributed by atoms with E-state index in [0.717, 1.165) is 18.7 Å². The first kappa shape index (κ1) is 10.4. The van der Waals surface area contributed by atoms with Gasteiger partial charge in [0.25, 0.3) is 0 Å². The molecule has 0 aliphatic carbocycles. The summed E-state index contributed by atoms with van der Waals surface area (Å²) in [5, 5.41) is 0. The number of rotatable bonds is 4. The average Bonchev–Trinajstić information content (AvgIpc) is 2.11. The van der Waals surface area contributed by atoms with Crippen molar-refractivity contribution in [2.24, 2.45) is 9.98 Å². The van der Waals surface area contributed by atoms with E-state index >= 15 is 0 Å². The lowest BCUT2D eigenvalue weighted by molar-refractivity contribution is 0.717. The third kappa shape index (κ3) is 3.29. The third-order valence-corrected chi connectivity index (χ3v) is 2.40. The Bertz CT molecular complexity index is 216. The van der Waals surface area contributed by atoms with Crippen molar-refractivity contribution in [2.45, 2.75) is 52.5 Å². The number of unbranched alkanes of at least 4 members (excludes halogenated alkanes) is 2. The Morgan fingerprint density at radius 3 is 2.85 bits per heavy atom. The molecule has 2 nitrogen and oxygen atoms in total. The Labute approximate surface area is 81.2 Å². The minimum Gasteiger partial charge on any atom is -0.286 e. The van der Waals surface area contributed by atoms with Crippen LogP contribution in [-0.4, -0.2) is 24.0 Å². The van der Waals surface area contributed by atoms with E-state index in [1.54, 1.807) is 0 Å². The van der Waals surface area contributed by atoms with Gasteiger partial charge in [0.1, 0.15) is 0 Å². The van der Waals surface area contributed by atoms with Gasteiger partial charge in [0.15, 0.2) is 0 Å². The van der Waals surface area contributed by atoms with Crippen molar-refractivity contribution in [3.8, 4) is 0 Å². The zero-order valence-electron chi connectivity index (χ0n) is 9.01. The van der Waals surface area contributed by atoms with Crippen LogP contribution >= 0.6 is 0 Å². The van der Waals surface area contributed by atoms with Crippen LogP contribution in [0.1, 0.15) is 46.5 Å². The third-order valence-electron chi connectivity index (χ3n) is 2.40. The lowest BCUT2D eigenvalue weighted by atomic mass is 10.1. The minimum atomic E-state index is 0.403. The lowest BCUT2D eigenvalue weighted by Gasteiger charge is -2.15. The van der Waals surface area contributed by atoms with Crippen LogP contribution in [0.5, 0.6) is 0 Å². The van der Waals surface area contributed by atoms with Gasteiger partial charge in [-0.25, -0.2) is 0 Å². The van der Waals surface area contributed by atoms with Gasteiger partial charge in [0.2, 0.25) is 0 Å². The van der Waals surface area contributed by atoms with E-state index in [1.807, 2.05) is 0 Å². The zero-order valence-corrected chi connectivity index (χ0v) is 9.01. The van der Waals surface area contributed by atoms with Gasteiger partial charge in [-0.1, -0.05) is 19.8 Å². The van der Waals surface area contributed by atoms with Gasteiger partial charge >= 0.3 is 0 Å². The lowest BCUT2D eigenvalue weighted by Crippen LogP contribution is -2.21. The highest BCUT2D eigenvalue weighted by Gasteiger charge is 2.11. The van der Waals surface area contributed by atoms with Crippen LogP contribution < -0.4 is 0 Å². The second-order valence-corrected chi connectivity index (χ2v) is 3.81. The fourth-order valence-corrected chi connectivity index (χ4v) is 1.55. The summed E-state index contributed by atoms with van der Waals surface area (Å²) in [7, 11) is 0. The molecule has 0 aromatic rings. The molecule has 0 saturated carbocycles. The van der Waals surface area contributed by atoms with Gasteiger partial charge in [-0.05, 0) is 26.7 Å². The predicted molar refractivity (Wildman–Crippen MR) is 59.0 cm³/mol. The summed E-state index contributed by atoms with van der Waals surface area (Å²) >= 11 is 0. The Morgan fingerprint density at radius 2 is 2.15 bits per heavy atom. The molecule has 0 radical (unpaired) electrons. The van der Waals surface area contributed by atoms with Gasteiger partial charge < -0.3 is 0 Å². The van der Waals surface area contributed by atoms with E-state index in [-0.39, 0.29) is 0 Å². The molecule has 1 atom stereocenters. The van der Waals surface area contributed by atoms with Crippen LogP contribution in [0.2, 0.25) is 0 Å². The fraction of sp³-hybridized carbons (Fsp3) is 0.818. The van der Waals surface area contributed by atoms with Gasteiger partial charge in [-0.2, -0.15) is 0 Å². The number of nitrogens with zero attached hydrogens (tertiary/aromatic N) is 2. The maximum atomic E-state index is 4.62. The maximum Gasteiger partial charge on any atom is 0.0670 e. The first-order valence-corrected chi connectivity index (χ1v) is 5.32. The highest BCUT2D eigenvalue weighted by Crippen LogP contribution is 2.08. The van der Waals surface area contributed by atoms with Crippen molar-refractivity contribution >= 4 is 11.4 Å². The molecule has 1 heterocycles. The van der Waals surface area contributed by atoms with Gasteiger partial charge in [-0.3, -0.25) is 9.98 Å². The SMILES string of the molecule is CCCCCC1=N[C@H](C)CN=C1C. The monoisotopic (exact) mass is 180 g/mol. The Hall–Kier alpha value is -0.660. The summed E-state index contributed by atoms with van der Waals surface area (Å²) in [4.78, 5) is 9.08. The van der Waals surface area contributed by atoms with E-state index in [1.165, 1.54) is 25.0 Å². The molecule has 0 N–H and O–H groups in total. The van der Waals surface area contributed by atoms with E-state index in [2.05, 4.69) is 30.8 Å². The van der Waals surface area contributed by atoms with E-state index < -0.39 is 0 Å². The summed E-state index contributed by atoms with van der Waals surface area (Å²) in [6.07, 6.45) is 4.96. The van der Waals surface area contributed by atoms with Crippen molar-refractivity contribution < 1.29 is 0 Å². The molecule has 0 aromatic carbocycles. The molecule has 0 aromatic heterocycles. The highest BCUT2D eigenvalue weighted by molar-refractivity contribution is 6.41. The Morgan fingerprint density at radius 1 is 1.38 bits per heavy atom. The molecular formula is C11H20N2. The minimum absolute atomic E-state index is 0.403. The second kappa shape index (κ2) is 5.15. The molecule has 2 heteroatoms. The van der Waals surface area contributed by atoms with Crippen molar-refractivity contribution in [3.63, 3.8) is 0 Å². The van der Waals surface area contributed by atoms with Crippen LogP contribution in [0.4, 0.5) is 0 Å². The topological polar surface area (TPSA) is 24.7 Å². The van der Waals surface area contributed by atoms with Crippen LogP contribution in [0.15, 0.2) is 9.98 Å². The molecular weight excluding hydrogens is 160 g/mol. The number of hydrogen-bond donors (Lipinski definition) is 0. The zero-order chi connectivity index (χ0) is 9.68. The van der Waals surface area contributed by atoms with Crippen LogP contribution in [0, 0.1) is 0 Å². The summed E-state index contributed by atoms with van der Waals surface area (Å²) in [6.45, 7) is 7.32. The maximum absolute atomic E-state index is 4.62. The van der Waals surface area contributed by atoms with Crippen LogP contribution in [-0.2, 0) is 0 Å².